The number of allylic oxidation sites excluding steroid dienone is 1. The first-order valence-corrected chi connectivity index (χ1v) is 6.75. The van der Waals surface area contributed by atoms with E-state index in [2.05, 4.69) is 18.8 Å². The van der Waals surface area contributed by atoms with Crippen LogP contribution in [0.1, 0.15) is 44.7 Å². The maximum Gasteiger partial charge on any atom is 0.129 e. The average molecular weight is 270 g/mol. The fourth-order valence-electron chi connectivity index (χ4n) is 1.90. The van der Waals surface area contributed by atoms with Gasteiger partial charge in [0.2, 0.25) is 0 Å². The molecule has 0 fully saturated rings. The fourth-order valence-corrected chi connectivity index (χ4v) is 2.20. The first kappa shape index (κ1) is 15.2. The van der Waals surface area contributed by atoms with E-state index in [1.807, 2.05) is 6.92 Å². The van der Waals surface area contributed by atoms with Gasteiger partial charge >= 0.3 is 0 Å². The van der Waals surface area contributed by atoms with Crippen LogP contribution in [0.2, 0.25) is 5.02 Å². The molecule has 1 aromatic rings. The first-order valence-electron chi connectivity index (χ1n) is 6.38. The molecular weight excluding hydrogens is 249 g/mol. The molecule has 0 bridgehead atoms. The van der Waals surface area contributed by atoms with Crippen molar-refractivity contribution in [2.45, 2.75) is 39.2 Å². The van der Waals surface area contributed by atoms with Gasteiger partial charge in [-0.3, -0.25) is 0 Å². The van der Waals surface area contributed by atoms with Gasteiger partial charge in [0.25, 0.3) is 0 Å². The van der Waals surface area contributed by atoms with Crippen molar-refractivity contribution in [1.82, 2.24) is 5.32 Å². The second-order valence-corrected chi connectivity index (χ2v) is 5.05. The number of halogens is 2. The van der Waals surface area contributed by atoms with Gasteiger partial charge in [0.05, 0.1) is 0 Å². The summed E-state index contributed by atoms with van der Waals surface area (Å²) in [6.45, 7) is 8.82. The van der Waals surface area contributed by atoms with E-state index in [1.165, 1.54) is 6.07 Å². The number of hydrogen-bond acceptors (Lipinski definition) is 1. The van der Waals surface area contributed by atoms with E-state index in [-0.39, 0.29) is 11.9 Å². The molecule has 0 aromatic heterocycles. The Morgan fingerprint density at radius 1 is 1.50 bits per heavy atom. The topological polar surface area (TPSA) is 12.0 Å². The van der Waals surface area contributed by atoms with E-state index in [1.54, 1.807) is 12.1 Å². The maximum absolute atomic E-state index is 13.9. The minimum atomic E-state index is -0.238. The predicted octanol–water partition coefficient (Wildman–Crippen LogP) is 4.88. The quantitative estimate of drug-likeness (QED) is 0.696. The molecule has 18 heavy (non-hydrogen) atoms. The van der Waals surface area contributed by atoms with E-state index in [4.69, 9.17) is 11.6 Å². The summed E-state index contributed by atoms with van der Waals surface area (Å²) in [5.74, 6) is -0.238. The van der Waals surface area contributed by atoms with Crippen molar-refractivity contribution in [2.75, 3.05) is 6.54 Å². The molecule has 0 aliphatic heterocycles. The summed E-state index contributed by atoms with van der Waals surface area (Å²) in [4.78, 5) is 0. The lowest BCUT2D eigenvalue weighted by molar-refractivity contribution is 0.473. The van der Waals surface area contributed by atoms with Crippen LogP contribution in [-0.4, -0.2) is 6.54 Å². The van der Waals surface area contributed by atoms with Crippen molar-refractivity contribution in [3.8, 4) is 0 Å². The Kier molecular flexibility index (Phi) is 6.37. The summed E-state index contributed by atoms with van der Waals surface area (Å²) < 4.78 is 13.9. The second-order valence-electron chi connectivity index (χ2n) is 4.64. The minimum absolute atomic E-state index is 0.0460. The SMILES string of the molecule is C=C(C)CCC(NCCC)c1c(F)cccc1Cl. The largest absolute Gasteiger partial charge is 0.310 e. The zero-order valence-electron chi connectivity index (χ0n) is 11.1. The van der Waals surface area contributed by atoms with Gasteiger partial charge in [-0.2, -0.15) is 0 Å². The Bertz CT molecular complexity index is 383. The molecule has 1 N–H and O–H groups in total. The molecule has 3 heteroatoms. The van der Waals surface area contributed by atoms with Gasteiger partial charge in [0, 0.05) is 16.6 Å². The highest BCUT2D eigenvalue weighted by molar-refractivity contribution is 6.31. The summed E-state index contributed by atoms with van der Waals surface area (Å²) in [6.07, 6.45) is 2.69. The van der Waals surface area contributed by atoms with E-state index in [9.17, 15) is 4.39 Å². The molecule has 1 nitrogen and oxygen atoms in total. The van der Waals surface area contributed by atoms with Crippen LogP contribution in [0.3, 0.4) is 0 Å². The molecule has 0 saturated carbocycles. The van der Waals surface area contributed by atoms with Crippen LogP contribution in [0.15, 0.2) is 30.4 Å². The monoisotopic (exact) mass is 269 g/mol. The van der Waals surface area contributed by atoms with Crippen molar-refractivity contribution in [3.63, 3.8) is 0 Å². The molecule has 0 amide bonds. The van der Waals surface area contributed by atoms with Crippen molar-refractivity contribution in [1.29, 1.82) is 0 Å². The zero-order chi connectivity index (χ0) is 13.5. The van der Waals surface area contributed by atoms with Gasteiger partial charge in [-0.15, -0.1) is 6.58 Å². The first-order chi connectivity index (χ1) is 8.56. The van der Waals surface area contributed by atoms with Gasteiger partial charge in [0.15, 0.2) is 0 Å². The summed E-state index contributed by atoms with van der Waals surface area (Å²) in [5.41, 5.74) is 1.68. The fraction of sp³-hybridized carbons (Fsp3) is 0.467. The Morgan fingerprint density at radius 3 is 2.78 bits per heavy atom. The van der Waals surface area contributed by atoms with E-state index in [0.717, 1.165) is 31.4 Å². The summed E-state index contributed by atoms with van der Waals surface area (Å²) in [7, 11) is 0. The van der Waals surface area contributed by atoms with Crippen LogP contribution in [-0.2, 0) is 0 Å². The Labute approximate surface area is 114 Å². The van der Waals surface area contributed by atoms with Crippen LogP contribution in [0.25, 0.3) is 0 Å². The third-order valence-electron chi connectivity index (χ3n) is 2.85. The smallest absolute Gasteiger partial charge is 0.129 e. The lowest BCUT2D eigenvalue weighted by Gasteiger charge is -2.20. The normalized spacial score (nSPS) is 12.4. The second kappa shape index (κ2) is 7.55. The molecule has 0 heterocycles. The van der Waals surface area contributed by atoms with E-state index in [0.29, 0.717) is 10.6 Å². The molecule has 1 rings (SSSR count). The zero-order valence-corrected chi connectivity index (χ0v) is 11.9. The number of nitrogens with one attached hydrogen (secondary N) is 1. The molecule has 0 radical (unpaired) electrons. The molecular formula is C15H21ClFN. The van der Waals surface area contributed by atoms with Crippen molar-refractivity contribution < 1.29 is 4.39 Å². The highest BCUT2D eigenvalue weighted by atomic mass is 35.5. The summed E-state index contributed by atoms with van der Waals surface area (Å²) >= 11 is 6.12. The van der Waals surface area contributed by atoms with Crippen molar-refractivity contribution in [2.24, 2.45) is 0 Å². The minimum Gasteiger partial charge on any atom is -0.310 e. The highest BCUT2D eigenvalue weighted by Gasteiger charge is 2.18. The van der Waals surface area contributed by atoms with Gasteiger partial charge in [-0.1, -0.05) is 30.2 Å². The number of hydrogen-bond donors (Lipinski definition) is 1. The Morgan fingerprint density at radius 2 is 2.22 bits per heavy atom. The van der Waals surface area contributed by atoms with Gasteiger partial charge < -0.3 is 5.32 Å². The predicted molar refractivity (Wildman–Crippen MR) is 76.5 cm³/mol. The van der Waals surface area contributed by atoms with Gasteiger partial charge in [0.1, 0.15) is 5.82 Å². The van der Waals surface area contributed by atoms with Crippen molar-refractivity contribution >= 4 is 11.6 Å². The molecule has 0 spiro atoms. The molecule has 1 atom stereocenters. The van der Waals surface area contributed by atoms with E-state index < -0.39 is 0 Å². The third-order valence-corrected chi connectivity index (χ3v) is 3.18. The molecule has 0 aliphatic rings. The van der Waals surface area contributed by atoms with E-state index >= 15 is 0 Å². The summed E-state index contributed by atoms with van der Waals surface area (Å²) in [5, 5.41) is 3.85. The van der Waals surface area contributed by atoms with Crippen LogP contribution >= 0.6 is 11.6 Å². The Balaban J connectivity index is 2.89. The summed E-state index contributed by atoms with van der Waals surface area (Å²) in [6, 6.07) is 4.79. The number of benzene rings is 1. The molecule has 1 aromatic carbocycles. The number of rotatable bonds is 7. The molecule has 0 aliphatic carbocycles. The lowest BCUT2D eigenvalue weighted by atomic mass is 9.99. The Hall–Kier alpha value is -0.860. The third kappa shape index (κ3) is 4.43. The average Bonchev–Trinajstić information content (AvgIpc) is 2.31. The highest BCUT2D eigenvalue weighted by Crippen LogP contribution is 2.29. The van der Waals surface area contributed by atoms with Gasteiger partial charge in [-0.05, 0) is 44.9 Å². The van der Waals surface area contributed by atoms with Crippen molar-refractivity contribution in [3.05, 3.63) is 46.8 Å². The molecule has 100 valence electrons. The van der Waals surface area contributed by atoms with Gasteiger partial charge in [-0.25, -0.2) is 4.39 Å². The van der Waals surface area contributed by atoms with Crippen LogP contribution in [0.5, 0.6) is 0 Å². The van der Waals surface area contributed by atoms with Crippen LogP contribution < -0.4 is 5.32 Å². The molecule has 1 unspecified atom stereocenters. The van der Waals surface area contributed by atoms with Crippen LogP contribution in [0, 0.1) is 5.82 Å². The standard InChI is InChI=1S/C15H21ClFN/c1-4-10-18-14(9-8-11(2)3)15-12(16)6-5-7-13(15)17/h5-7,14,18H,2,4,8-10H2,1,3H3. The van der Waals surface area contributed by atoms with Crippen LogP contribution in [0.4, 0.5) is 4.39 Å². The lowest BCUT2D eigenvalue weighted by Crippen LogP contribution is -2.23. The maximum atomic E-state index is 13.9. The molecule has 0 saturated heterocycles.